The predicted molar refractivity (Wildman–Crippen MR) is 86.4 cm³/mol. The summed E-state index contributed by atoms with van der Waals surface area (Å²) in [7, 11) is 1.61. The molecule has 0 saturated carbocycles. The third-order valence-corrected chi connectivity index (χ3v) is 4.16. The second-order valence-electron chi connectivity index (χ2n) is 4.73. The van der Waals surface area contributed by atoms with Gasteiger partial charge in [0.25, 0.3) is 5.91 Å². The van der Waals surface area contributed by atoms with Crippen LogP contribution in [0.2, 0.25) is 0 Å². The molecule has 1 amide bonds. The van der Waals surface area contributed by atoms with Crippen molar-refractivity contribution >= 4 is 17.7 Å². The molecular weight excluding hydrogens is 316 g/mol. The van der Waals surface area contributed by atoms with E-state index in [4.69, 9.17) is 9.47 Å². The molecule has 0 radical (unpaired) electrons. The van der Waals surface area contributed by atoms with Gasteiger partial charge in [0, 0.05) is 0 Å². The Labute approximate surface area is 137 Å². The zero-order valence-electron chi connectivity index (χ0n) is 12.6. The first-order valence-electron chi connectivity index (χ1n) is 6.98. The SMILES string of the molecule is C=CCN1C(=O)CSc2nnc(COc3ccc(OC)cc3)n21. The fraction of sp³-hybridized carbons (Fsp3) is 0.267. The molecule has 1 aromatic heterocycles. The number of hydrogen-bond donors (Lipinski definition) is 0. The van der Waals surface area contributed by atoms with Crippen LogP contribution in [0.1, 0.15) is 5.82 Å². The Balaban J connectivity index is 1.77. The molecule has 0 spiro atoms. The van der Waals surface area contributed by atoms with Crippen molar-refractivity contribution in [3.63, 3.8) is 0 Å². The first-order valence-corrected chi connectivity index (χ1v) is 7.97. The largest absolute Gasteiger partial charge is 0.497 e. The number of rotatable bonds is 6. The van der Waals surface area contributed by atoms with E-state index in [1.165, 1.54) is 11.8 Å². The predicted octanol–water partition coefficient (Wildman–Crippen LogP) is 1.62. The van der Waals surface area contributed by atoms with Crippen molar-refractivity contribution in [1.82, 2.24) is 14.9 Å². The van der Waals surface area contributed by atoms with Gasteiger partial charge in [-0.05, 0) is 24.3 Å². The molecule has 23 heavy (non-hydrogen) atoms. The lowest BCUT2D eigenvalue weighted by molar-refractivity contribution is -0.117. The van der Waals surface area contributed by atoms with Crippen molar-refractivity contribution in [2.45, 2.75) is 11.8 Å². The van der Waals surface area contributed by atoms with Gasteiger partial charge in [0.15, 0.2) is 5.82 Å². The molecule has 0 saturated heterocycles. The van der Waals surface area contributed by atoms with Crippen LogP contribution < -0.4 is 14.5 Å². The van der Waals surface area contributed by atoms with E-state index in [0.717, 1.165) is 5.75 Å². The number of nitrogens with zero attached hydrogens (tertiary/aromatic N) is 4. The van der Waals surface area contributed by atoms with Gasteiger partial charge in [0.05, 0.1) is 19.4 Å². The van der Waals surface area contributed by atoms with Crippen LogP contribution >= 0.6 is 11.8 Å². The molecule has 1 aromatic carbocycles. The number of ether oxygens (including phenoxy) is 2. The number of hydrogen-bond acceptors (Lipinski definition) is 6. The molecule has 1 aliphatic heterocycles. The van der Waals surface area contributed by atoms with E-state index in [9.17, 15) is 4.79 Å². The van der Waals surface area contributed by atoms with Crippen molar-refractivity contribution in [3.8, 4) is 11.5 Å². The van der Waals surface area contributed by atoms with E-state index < -0.39 is 0 Å². The van der Waals surface area contributed by atoms with Gasteiger partial charge in [-0.15, -0.1) is 16.8 Å². The highest BCUT2D eigenvalue weighted by molar-refractivity contribution is 7.99. The Morgan fingerprint density at radius 3 is 2.74 bits per heavy atom. The number of aromatic nitrogens is 3. The van der Waals surface area contributed by atoms with Crippen LogP contribution in [0.5, 0.6) is 11.5 Å². The van der Waals surface area contributed by atoms with Crippen molar-refractivity contribution < 1.29 is 14.3 Å². The third kappa shape index (κ3) is 3.16. The highest BCUT2D eigenvalue weighted by Crippen LogP contribution is 2.24. The maximum absolute atomic E-state index is 12.1. The Kier molecular flexibility index (Phi) is 4.52. The Hall–Kier alpha value is -2.48. The average molecular weight is 332 g/mol. The standard InChI is InChI=1S/C15H16N4O3S/c1-3-8-18-14(20)10-23-15-17-16-13(19(15)18)9-22-12-6-4-11(21-2)5-7-12/h3-7H,1,8-10H2,2H3. The second-order valence-corrected chi connectivity index (χ2v) is 5.67. The van der Waals surface area contributed by atoms with Crippen LogP contribution in [-0.2, 0) is 11.4 Å². The van der Waals surface area contributed by atoms with E-state index in [0.29, 0.717) is 29.0 Å². The maximum atomic E-state index is 12.1. The molecule has 0 fully saturated rings. The Morgan fingerprint density at radius 1 is 1.30 bits per heavy atom. The summed E-state index contributed by atoms with van der Waals surface area (Å²) in [6.45, 7) is 4.30. The highest BCUT2D eigenvalue weighted by atomic mass is 32.2. The quantitative estimate of drug-likeness (QED) is 0.749. The maximum Gasteiger partial charge on any atom is 0.252 e. The first-order chi connectivity index (χ1) is 11.2. The van der Waals surface area contributed by atoms with Crippen molar-refractivity contribution in [1.29, 1.82) is 0 Å². The van der Waals surface area contributed by atoms with Crippen molar-refractivity contribution in [2.24, 2.45) is 0 Å². The van der Waals surface area contributed by atoms with E-state index >= 15 is 0 Å². The summed E-state index contributed by atoms with van der Waals surface area (Å²) in [6, 6.07) is 7.26. The Morgan fingerprint density at radius 2 is 2.04 bits per heavy atom. The fourth-order valence-corrected chi connectivity index (χ4v) is 2.98. The van der Waals surface area contributed by atoms with Gasteiger partial charge in [-0.3, -0.25) is 4.79 Å². The number of benzene rings is 1. The minimum absolute atomic E-state index is 0.00658. The van der Waals surface area contributed by atoms with Crippen LogP contribution in [-0.4, -0.2) is 40.2 Å². The summed E-state index contributed by atoms with van der Waals surface area (Å²) < 4.78 is 12.5. The molecule has 7 nitrogen and oxygen atoms in total. The molecule has 120 valence electrons. The van der Waals surface area contributed by atoms with Gasteiger partial charge in [0.2, 0.25) is 5.16 Å². The minimum atomic E-state index is -0.00658. The summed E-state index contributed by atoms with van der Waals surface area (Å²) in [6.07, 6.45) is 1.67. The number of carbonyl (C=O) groups is 1. The van der Waals surface area contributed by atoms with Gasteiger partial charge in [-0.1, -0.05) is 17.8 Å². The molecule has 2 heterocycles. The third-order valence-electron chi connectivity index (χ3n) is 3.26. The van der Waals surface area contributed by atoms with Crippen LogP contribution in [0.15, 0.2) is 42.1 Å². The molecule has 3 rings (SSSR count). The number of methoxy groups -OCH3 is 1. The fourth-order valence-electron chi connectivity index (χ4n) is 2.16. The number of amides is 1. The summed E-state index contributed by atoms with van der Waals surface area (Å²) in [5.74, 6) is 2.36. The van der Waals surface area contributed by atoms with Gasteiger partial charge < -0.3 is 9.47 Å². The van der Waals surface area contributed by atoms with Crippen LogP contribution in [0, 0.1) is 0 Å². The van der Waals surface area contributed by atoms with Gasteiger partial charge in [-0.25, -0.2) is 9.69 Å². The molecule has 8 heteroatoms. The molecule has 0 bridgehead atoms. The van der Waals surface area contributed by atoms with Crippen LogP contribution in [0.3, 0.4) is 0 Å². The smallest absolute Gasteiger partial charge is 0.252 e. The lowest BCUT2D eigenvalue weighted by Gasteiger charge is -2.27. The first kappa shape index (κ1) is 15.4. The minimum Gasteiger partial charge on any atom is -0.497 e. The zero-order chi connectivity index (χ0) is 16.2. The number of carbonyl (C=O) groups excluding carboxylic acids is 1. The molecule has 0 N–H and O–H groups in total. The van der Waals surface area contributed by atoms with Gasteiger partial charge in [-0.2, -0.15) is 0 Å². The van der Waals surface area contributed by atoms with E-state index in [1.807, 2.05) is 24.3 Å². The van der Waals surface area contributed by atoms with Crippen LogP contribution in [0.25, 0.3) is 0 Å². The van der Waals surface area contributed by atoms with Crippen LogP contribution in [0.4, 0.5) is 0 Å². The number of fused-ring (bicyclic) bond motifs is 1. The van der Waals surface area contributed by atoms with E-state index in [2.05, 4.69) is 16.8 Å². The molecule has 0 atom stereocenters. The highest BCUT2D eigenvalue weighted by Gasteiger charge is 2.28. The van der Waals surface area contributed by atoms with Crippen molar-refractivity contribution in [3.05, 3.63) is 42.7 Å². The zero-order valence-corrected chi connectivity index (χ0v) is 13.5. The summed E-state index contributed by atoms with van der Waals surface area (Å²) in [4.78, 5) is 12.1. The topological polar surface area (TPSA) is 69.5 Å². The van der Waals surface area contributed by atoms with E-state index in [-0.39, 0.29) is 12.5 Å². The monoisotopic (exact) mass is 332 g/mol. The normalized spacial score (nSPS) is 13.6. The molecule has 0 unspecified atom stereocenters. The molecule has 0 aliphatic carbocycles. The second kappa shape index (κ2) is 6.74. The molecule has 1 aliphatic rings. The van der Waals surface area contributed by atoms with E-state index in [1.54, 1.807) is 22.9 Å². The molecular formula is C15H16N4O3S. The number of thioether (sulfide) groups is 1. The van der Waals surface area contributed by atoms with Crippen molar-refractivity contribution in [2.75, 3.05) is 24.4 Å². The lowest BCUT2D eigenvalue weighted by atomic mass is 10.3. The average Bonchev–Trinajstić information content (AvgIpc) is 2.99. The van der Waals surface area contributed by atoms with Gasteiger partial charge in [0.1, 0.15) is 18.1 Å². The summed E-state index contributed by atoms with van der Waals surface area (Å²) in [5, 5.41) is 10.5. The summed E-state index contributed by atoms with van der Waals surface area (Å²) in [5.41, 5.74) is 0. The lowest BCUT2D eigenvalue weighted by Crippen LogP contribution is -2.45. The molecule has 2 aromatic rings. The Bertz CT molecular complexity index is 714. The summed E-state index contributed by atoms with van der Waals surface area (Å²) >= 11 is 1.37. The van der Waals surface area contributed by atoms with Gasteiger partial charge >= 0.3 is 0 Å².